The number of ether oxygens (including phenoxy) is 2. The van der Waals surface area contributed by atoms with E-state index in [0.29, 0.717) is 17.9 Å². The first-order chi connectivity index (χ1) is 8.35. The highest BCUT2D eigenvalue weighted by atomic mass is 16.7. The van der Waals surface area contributed by atoms with E-state index < -0.39 is 6.98 Å². The van der Waals surface area contributed by atoms with Gasteiger partial charge in [-0.05, 0) is 38.0 Å². The van der Waals surface area contributed by atoms with E-state index >= 15 is 0 Å². The molecule has 1 aromatic rings. The zero-order valence-corrected chi connectivity index (χ0v) is 8.41. The van der Waals surface area contributed by atoms with E-state index in [9.17, 15) is 5.11 Å². The number of phenols is 1. The summed E-state index contributed by atoms with van der Waals surface area (Å²) in [6.45, 7) is -0.304. The number of fused-ring (bicyclic) bond motifs is 1. The van der Waals surface area contributed by atoms with Gasteiger partial charge in [-0.15, -0.1) is 0 Å². The zero-order valence-electron chi connectivity index (χ0n) is 11.4. The molecule has 1 aromatic carbocycles. The van der Waals surface area contributed by atoms with Gasteiger partial charge in [0.05, 0.1) is 0 Å². The number of phenolic OH excluding ortho intramolecular Hbond substituents is 1. The first-order valence-electron chi connectivity index (χ1n) is 6.24. The van der Waals surface area contributed by atoms with Crippen molar-refractivity contribution >= 4 is 0 Å². The second-order valence-corrected chi connectivity index (χ2v) is 3.60. The summed E-state index contributed by atoms with van der Waals surface area (Å²) in [4.78, 5) is 0. The second kappa shape index (κ2) is 3.98. The van der Waals surface area contributed by atoms with Crippen LogP contribution in [0.2, 0.25) is 0 Å². The van der Waals surface area contributed by atoms with E-state index in [1.165, 1.54) is 0 Å². The Kier molecular flexibility index (Phi) is 1.85. The molecule has 15 heavy (non-hydrogen) atoms. The molecule has 0 aliphatic carbocycles. The minimum Gasteiger partial charge on any atom is -0.504 e. The highest BCUT2D eigenvalue weighted by molar-refractivity contribution is 5.54. The number of rotatable bonds is 3. The summed E-state index contributed by atoms with van der Waals surface area (Å²) >= 11 is 0. The van der Waals surface area contributed by atoms with Crippen molar-refractivity contribution in [1.29, 1.82) is 0 Å². The van der Waals surface area contributed by atoms with Crippen LogP contribution in [0.15, 0.2) is 12.1 Å². The van der Waals surface area contributed by atoms with Crippen molar-refractivity contribution in [1.82, 2.24) is 5.32 Å². The third-order valence-corrected chi connectivity index (χ3v) is 2.30. The Morgan fingerprint density at radius 3 is 3.27 bits per heavy atom. The molecular weight excluding hydrogens is 194 g/mol. The highest BCUT2D eigenvalue weighted by Crippen LogP contribution is 2.41. The molecule has 0 radical (unpaired) electrons. The maximum atomic E-state index is 9.72. The maximum Gasteiger partial charge on any atom is 0.231 e. The van der Waals surface area contributed by atoms with Crippen LogP contribution in [0.4, 0.5) is 0 Å². The summed E-state index contributed by atoms with van der Waals surface area (Å²) in [5, 5.41) is 12.2. The van der Waals surface area contributed by atoms with Crippen LogP contribution in [-0.4, -0.2) is 24.9 Å². The zero-order chi connectivity index (χ0) is 13.3. The van der Waals surface area contributed by atoms with Gasteiger partial charge in [-0.2, -0.15) is 0 Å². The van der Waals surface area contributed by atoms with Gasteiger partial charge in [0.15, 0.2) is 11.5 Å². The lowest BCUT2D eigenvalue weighted by Gasteiger charge is -2.10. The van der Waals surface area contributed by atoms with Crippen LogP contribution in [0, 0.1) is 0 Å². The van der Waals surface area contributed by atoms with Crippen LogP contribution in [0.25, 0.3) is 0 Å². The molecule has 1 aliphatic heterocycles. The largest absolute Gasteiger partial charge is 0.504 e. The van der Waals surface area contributed by atoms with E-state index in [1.807, 2.05) is 0 Å². The minimum atomic E-state index is -2.17. The van der Waals surface area contributed by atoms with Gasteiger partial charge in [-0.3, -0.25) is 0 Å². The number of hydrogen-bond acceptors (Lipinski definition) is 4. The smallest absolute Gasteiger partial charge is 0.231 e. The highest BCUT2D eigenvalue weighted by Gasteiger charge is 2.19. The Morgan fingerprint density at radius 1 is 1.60 bits per heavy atom. The van der Waals surface area contributed by atoms with Crippen molar-refractivity contribution in [2.75, 3.05) is 13.8 Å². The Hall–Kier alpha value is -1.42. The molecule has 0 bridgehead atoms. The third kappa shape index (κ3) is 1.99. The molecule has 0 aromatic heterocycles. The van der Waals surface area contributed by atoms with Crippen molar-refractivity contribution in [3.63, 3.8) is 0 Å². The summed E-state index contributed by atoms with van der Waals surface area (Å²) < 4.78 is 31.6. The van der Waals surface area contributed by atoms with Crippen molar-refractivity contribution in [2.45, 2.75) is 19.4 Å². The first kappa shape index (κ1) is 6.95. The number of benzene rings is 1. The molecular formula is C11H15NO3. The fourth-order valence-corrected chi connectivity index (χ4v) is 1.57. The summed E-state index contributed by atoms with van der Waals surface area (Å²) in [7, 11) is 0. The molecule has 1 heterocycles. The van der Waals surface area contributed by atoms with Gasteiger partial charge in [0, 0.05) is 10.2 Å². The molecule has 0 fully saturated rings. The molecule has 1 aliphatic rings. The number of aromatic hydroxyl groups is 1. The number of likely N-dealkylation sites (N-methyl/N-ethyl adjacent to an activating group) is 1. The van der Waals surface area contributed by atoms with E-state index in [-0.39, 0.29) is 18.6 Å². The van der Waals surface area contributed by atoms with Crippen LogP contribution in [0.3, 0.4) is 0 Å². The van der Waals surface area contributed by atoms with Gasteiger partial charge in [-0.1, -0.05) is 0 Å². The molecule has 0 saturated heterocycles. The molecule has 0 spiro atoms. The summed E-state index contributed by atoms with van der Waals surface area (Å²) in [6.07, 6.45) is 0.475. The van der Waals surface area contributed by atoms with Gasteiger partial charge in [-0.25, -0.2) is 0 Å². The predicted octanol–water partition coefficient (Wildman–Crippen LogP) is 1.27. The van der Waals surface area contributed by atoms with E-state index in [4.69, 9.17) is 13.6 Å². The molecule has 0 unspecified atom stereocenters. The van der Waals surface area contributed by atoms with Gasteiger partial charge >= 0.3 is 0 Å². The summed E-state index contributed by atoms with van der Waals surface area (Å²) in [5.74, 6) is 0.849. The monoisotopic (exact) mass is 212 g/mol. The molecule has 0 amide bonds. The van der Waals surface area contributed by atoms with Gasteiger partial charge < -0.3 is 19.9 Å². The van der Waals surface area contributed by atoms with Gasteiger partial charge in [0.1, 0.15) is 0 Å². The van der Waals surface area contributed by atoms with Crippen LogP contribution < -0.4 is 14.8 Å². The first-order valence-corrected chi connectivity index (χ1v) is 4.74. The van der Waals surface area contributed by atoms with Crippen LogP contribution in [-0.2, 0) is 6.42 Å². The average molecular weight is 212 g/mol. The summed E-state index contributed by atoms with van der Waals surface area (Å²) in [5.41, 5.74) is 0.793. The SMILES string of the molecule is [2H]C([2H])([2H])N[C@@H](C)Cc1cc(O)c2c(c1)OCO2. The molecule has 82 valence electrons. The van der Waals surface area contributed by atoms with E-state index in [0.717, 1.165) is 5.56 Å². The lowest BCUT2D eigenvalue weighted by Crippen LogP contribution is -2.23. The van der Waals surface area contributed by atoms with Crippen molar-refractivity contribution in [3.8, 4) is 17.2 Å². The topological polar surface area (TPSA) is 50.7 Å². The minimum absolute atomic E-state index is 0.0149. The van der Waals surface area contributed by atoms with E-state index in [1.54, 1.807) is 19.1 Å². The lowest BCUT2D eigenvalue weighted by atomic mass is 10.1. The Balaban J connectivity index is 2.08. The second-order valence-electron chi connectivity index (χ2n) is 3.60. The van der Waals surface area contributed by atoms with Crippen molar-refractivity contribution < 1.29 is 18.7 Å². The normalized spacial score (nSPS) is 19.1. The molecule has 2 N–H and O–H groups in total. The van der Waals surface area contributed by atoms with E-state index in [2.05, 4.69) is 5.32 Å². The van der Waals surface area contributed by atoms with Crippen LogP contribution in [0.1, 0.15) is 16.6 Å². The third-order valence-electron chi connectivity index (χ3n) is 2.30. The average Bonchev–Trinajstić information content (AvgIpc) is 2.62. The van der Waals surface area contributed by atoms with Crippen molar-refractivity contribution in [2.24, 2.45) is 0 Å². The van der Waals surface area contributed by atoms with Crippen molar-refractivity contribution in [3.05, 3.63) is 17.7 Å². The standard InChI is InChI=1S/C11H15NO3/c1-7(12-2)3-8-4-9(13)11-10(5-8)14-6-15-11/h4-5,7,12-13H,3,6H2,1-2H3/t7-/m0/s1/i2D3. The Labute approximate surface area is 93.0 Å². The maximum absolute atomic E-state index is 9.72. The summed E-state index contributed by atoms with van der Waals surface area (Å²) in [6, 6.07) is 3.07. The lowest BCUT2D eigenvalue weighted by molar-refractivity contribution is 0.171. The molecule has 4 nitrogen and oxygen atoms in total. The van der Waals surface area contributed by atoms with Crippen LogP contribution >= 0.6 is 0 Å². The fraction of sp³-hybridized carbons (Fsp3) is 0.455. The molecule has 2 rings (SSSR count). The quantitative estimate of drug-likeness (QED) is 0.792. The number of nitrogens with one attached hydrogen (secondary N) is 1. The molecule has 4 heteroatoms. The predicted molar refractivity (Wildman–Crippen MR) is 56.5 cm³/mol. The van der Waals surface area contributed by atoms with Gasteiger partial charge in [0.2, 0.25) is 12.5 Å². The van der Waals surface area contributed by atoms with Gasteiger partial charge in [0.25, 0.3) is 0 Å². The molecule has 1 atom stereocenters. The van der Waals surface area contributed by atoms with Crippen LogP contribution in [0.5, 0.6) is 17.2 Å². The fourth-order valence-electron chi connectivity index (χ4n) is 1.57. The Morgan fingerprint density at radius 2 is 2.47 bits per heavy atom. The molecule has 0 saturated carbocycles. The number of hydrogen-bond donors (Lipinski definition) is 2. The Bertz CT molecular complexity index is 448.